The van der Waals surface area contributed by atoms with Crippen molar-refractivity contribution in [2.45, 2.75) is 20.1 Å². The van der Waals surface area contributed by atoms with Crippen LogP contribution < -0.4 is 20.7 Å². The molecule has 0 spiro atoms. The second-order valence-corrected chi connectivity index (χ2v) is 7.43. The minimum absolute atomic E-state index is 0. The van der Waals surface area contributed by atoms with E-state index in [0.717, 1.165) is 36.2 Å². The molecule has 0 radical (unpaired) electrons. The third-order valence-corrected chi connectivity index (χ3v) is 5.09. The number of benzene rings is 2. The molecule has 9 heteroatoms. The SMILES string of the molecule is COc1ccccc1N1C(N2CCOCC2)=NC(N)=NC1Nc1cc(C)cc(C)c1.Cl. The van der Waals surface area contributed by atoms with Crippen LogP contribution >= 0.6 is 12.4 Å². The number of rotatable bonds is 4. The summed E-state index contributed by atoms with van der Waals surface area (Å²) in [4.78, 5) is 13.4. The molecular formula is C22H29ClN6O2. The molecule has 1 fully saturated rings. The van der Waals surface area contributed by atoms with Gasteiger partial charge in [0.05, 0.1) is 26.0 Å². The Morgan fingerprint density at radius 1 is 1.10 bits per heavy atom. The van der Waals surface area contributed by atoms with E-state index in [1.165, 1.54) is 11.1 Å². The lowest BCUT2D eigenvalue weighted by atomic mass is 10.1. The number of nitrogens with one attached hydrogen (secondary N) is 1. The number of morpholine rings is 1. The van der Waals surface area contributed by atoms with E-state index in [1.54, 1.807) is 7.11 Å². The van der Waals surface area contributed by atoms with Crippen molar-refractivity contribution in [3.05, 3.63) is 53.6 Å². The van der Waals surface area contributed by atoms with Crippen molar-refractivity contribution in [1.29, 1.82) is 0 Å². The van der Waals surface area contributed by atoms with Gasteiger partial charge in [-0.2, -0.15) is 4.99 Å². The third kappa shape index (κ3) is 5.03. The van der Waals surface area contributed by atoms with Crippen LogP contribution in [-0.4, -0.2) is 56.5 Å². The van der Waals surface area contributed by atoms with Crippen LogP contribution in [0.15, 0.2) is 52.4 Å². The summed E-state index contributed by atoms with van der Waals surface area (Å²) in [5.41, 5.74) is 10.3. The largest absolute Gasteiger partial charge is 0.495 e. The van der Waals surface area contributed by atoms with Crippen LogP contribution in [-0.2, 0) is 4.74 Å². The van der Waals surface area contributed by atoms with Gasteiger partial charge in [0.2, 0.25) is 18.2 Å². The normalized spacial score (nSPS) is 18.6. The maximum absolute atomic E-state index is 6.15. The van der Waals surface area contributed by atoms with Crippen LogP contribution in [0.4, 0.5) is 11.4 Å². The number of halogens is 1. The summed E-state index contributed by atoms with van der Waals surface area (Å²) >= 11 is 0. The van der Waals surface area contributed by atoms with E-state index in [4.69, 9.17) is 15.2 Å². The Labute approximate surface area is 189 Å². The van der Waals surface area contributed by atoms with Gasteiger partial charge < -0.3 is 25.4 Å². The fraction of sp³-hybridized carbons (Fsp3) is 0.364. The van der Waals surface area contributed by atoms with Gasteiger partial charge in [0.1, 0.15) is 5.75 Å². The van der Waals surface area contributed by atoms with Gasteiger partial charge in [-0.15, -0.1) is 12.4 Å². The first-order chi connectivity index (χ1) is 14.5. The second-order valence-electron chi connectivity index (χ2n) is 7.43. The van der Waals surface area contributed by atoms with E-state index < -0.39 is 6.29 Å². The summed E-state index contributed by atoms with van der Waals surface area (Å²) in [6.07, 6.45) is -0.474. The number of para-hydroxylation sites is 2. The highest BCUT2D eigenvalue weighted by Gasteiger charge is 2.33. The topological polar surface area (TPSA) is 87.7 Å². The van der Waals surface area contributed by atoms with Crippen molar-refractivity contribution >= 4 is 35.7 Å². The Morgan fingerprint density at radius 2 is 1.77 bits per heavy atom. The number of nitrogens with two attached hydrogens (primary N) is 1. The molecule has 3 N–H and O–H groups in total. The number of hydrogen-bond acceptors (Lipinski definition) is 8. The quantitative estimate of drug-likeness (QED) is 0.753. The monoisotopic (exact) mass is 444 g/mol. The predicted molar refractivity (Wildman–Crippen MR) is 127 cm³/mol. The van der Waals surface area contributed by atoms with Crippen molar-refractivity contribution in [3.63, 3.8) is 0 Å². The van der Waals surface area contributed by atoms with Gasteiger partial charge >= 0.3 is 0 Å². The Bertz CT molecular complexity index is 954. The molecule has 1 atom stereocenters. The van der Waals surface area contributed by atoms with Crippen LogP contribution in [0.3, 0.4) is 0 Å². The van der Waals surface area contributed by atoms with Crippen molar-refractivity contribution in [2.75, 3.05) is 43.6 Å². The lowest BCUT2D eigenvalue weighted by Gasteiger charge is -2.41. The average Bonchev–Trinajstić information content (AvgIpc) is 2.73. The first kappa shape index (κ1) is 22.7. The molecule has 0 amide bonds. The zero-order chi connectivity index (χ0) is 21.1. The van der Waals surface area contributed by atoms with E-state index in [2.05, 4.69) is 52.2 Å². The minimum atomic E-state index is -0.474. The van der Waals surface area contributed by atoms with E-state index >= 15 is 0 Å². The van der Waals surface area contributed by atoms with E-state index in [9.17, 15) is 0 Å². The van der Waals surface area contributed by atoms with Crippen LogP contribution in [0.2, 0.25) is 0 Å². The molecule has 1 unspecified atom stereocenters. The smallest absolute Gasteiger partial charge is 0.222 e. The molecule has 2 aliphatic heterocycles. The Kier molecular flexibility index (Phi) is 7.25. The minimum Gasteiger partial charge on any atom is -0.495 e. The molecule has 0 aliphatic carbocycles. The van der Waals surface area contributed by atoms with Gasteiger partial charge in [0, 0.05) is 18.8 Å². The first-order valence-corrected chi connectivity index (χ1v) is 10.1. The zero-order valence-electron chi connectivity index (χ0n) is 18.0. The van der Waals surface area contributed by atoms with Crippen LogP contribution in [0.5, 0.6) is 5.75 Å². The number of methoxy groups -OCH3 is 1. The highest BCUT2D eigenvalue weighted by molar-refractivity contribution is 6.06. The van der Waals surface area contributed by atoms with E-state index in [0.29, 0.717) is 13.2 Å². The van der Waals surface area contributed by atoms with Crippen LogP contribution in [0, 0.1) is 13.8 Å². The van der Waals surface area contributed by atoms with Gasteiger partial charge in [-0.3, -0.25) is 4.90 Å². The summed E-state index contributed by atoms with van der Waals surface area (Å²) < 4.78 is 11.2. The molecule has 166 valence electrons. The number of ether oxygens (including phenoxy) is 2. The molecule has 2 heterocycles. The third-order valence-electron chi connectivity index (χ3n) is 5.09. The molecule has 0 aromatic heterocycles. The summed E-state index contributed by atoms with van der Waals surface area (Å²) in [5.74, 6) is 1.71. The lowest BCUT2D eigenvalue weighted by molar-refractivity contribution is 0.0671. The molecule has 4 rings (SSSR count). The summed E-state index contributed by atoms with van der Waals surface area (Å²) in [6.45, 7) is 6.91. The number of nitrogens with zero attached hydrogens (tertiary/aromatic N) is 4. The van der Waals surface area contributed by atoms with Crippen molar-refractivity contribution in [1.82, 2.24) is 4.90 Å². The van der Waals surface area contributed by atoms with Crippen LogP contribution in [0.1, 0.15) is 11.1 Å². The van der Waals surface area contributed by atoms with Crippen molar-refractivity contribution in [3.8, 4) is 5.75 Å². The fourth-order valence-electron chi connectivity index (χ4n) is 3.84. The van der Waals surface area contributed by atoms with Gasteiger partial charge in [0.25, 0.3) is 0 Å². The number of anilines is 2. The van der Waals surface area contributed by atoms with Crippen molar-refractivity contribution in [2.24, 2.45) is 15.7 Å². The van der Waals surface area contributed by atoms with Gasteiger partial charge in [-0.1, -0.05) is 18.2 Å². The number of aliphatic imine (C=N–C) groups is 2. The summed E-state index contributed by atoms with van der Waals surface area (Å²) in [5, 5.41) is 3.53. The highest BCUT2D eigenvalue weighted by atomic mass is 35.5. The van der Waals surface area contributed by atoms with Gasteiger partial charge in [0.15, 0.2) is 0 Å². The molecule has 2 aromatic rings. The molecule has 2 aromatic carbocycles. The molecule has 2 aliphatic rings. The Morgan fingerprint density at radius 3 is 2.45 bits per heavy atom. The standard InChI is InChI=1S/C22H28N6O2.ClH/c1-15-12-16(2)14-17(13-15)24-21-25-20(23)26-22(27-8-10-30-11-9-27)28(21)18-6-4-5-7-19(18)29-3;/h4-7,12-14,21,24H,8-11H2,1-3H3,(H2,23,25);1H. The molecule has 31 heavy (non-hydrogen) atoms. The highest BCUT2D eigenvalue weighted by Crippen LogP contribution is 2.32. The lowest BCUT2D eigenvalue weighted by Crippen LogP contribution is -2.57. The Hall–Kier alpha value is -2.97. The van der Waals surface area contributed by atoms with Crippen LogP contribution in [0.25, 0.3) is 0 Å². The first-order valence-electron chi connectivity index (χ1n) is 10.1. The van der Waals surface area contributed by atoms with Gasteiger partial charge in [-0.05, 0) is 49.2 Å². The van der Waals surface area contributed by atoms with E-state index in [-0.39, 0.29) is 18.4 Å². The molecule has 8 nitrogen and oxygen atoms in total. The average molecular weight is 445 g/mol. The summed E-state index contributed by atoms with van der Waals surface area (Å²) in [7, 11) is 1.66. The number of aryl methyl sites for hydroxylation is 2. The molecule has 1 saturated heterocycles. The maximum Gasteiger partial charge on any atom is 0.222 e. The molecular weight excluding hydrogens is 416 g/mol. The van der Waals surface area contributed by atoms with E-state index in [1.807, 2.05) is 29.2 Å². The zero-order valence-corrected chi connectivity index (χ0v) is 18.9. The van der Waals surface area contributed by atoms with Gasteiger partial charge in [-0.25, -0.2) is 4.99 Å². The van der Waals surface area contributed by atoms with Crippen molar-refractivity contribution < 1.29 is 9.47 Å². The maximum atomic E-state index is 6.15. The molecule has 0 bridgehead atoms. The molecule has 0 saturated carbocycles. The number of hydrogen-bond donors (Lipinski definition) is 2. The summed E-state index contributed by atoms with van der Waals surface area (Å²) in [6, 6.07) is 14.2. The fourth-order valence-corrected chi connectivity index (χ4v) is 3.84. The Balaban J connectivity index is 0.00000272. The predicted octanol–water partition coefficient (Wildman–Crippen LogP) is 2.95. The number of guanidine groups is 2. The second kappa shape index (κ2) is 9.89.